The van der Waals surface area contributed by atoms with Gasteiger partial charge in [0.15, 0.2) is 0 Å². The minimum absolute atomic E-state index is 0.0562. The van der Waals surface area contributed by atoms with Crippen molar-refractivity contribution in [1.29, 1.82) is 0 Å². The molecule has 0 bridgehead atoms. The number of nitrogens with one attached hydrogen (secondary N) is 1. The van der Waals surface area contributed by atoms with Crippen LogP contribution in [0, 0.1) is 0 Å². The van der Waals surface area contributed by atoms with Gasteiger partial charge in [0.2, 0.25) is 5.91 Å². The van der Waals surface area contributed by atoms with Gasteiger partial charge in [-0.3, -0.25) is 9.69 Å². The molecule has 0 aromatic carbocycles. The number of rotatable bonds is 3. The van der Waals surface area contributed by atoms with Crippen LogP contribution in [0.4, 0.5) is 0 Å². The summed E-state index contributed by atoms with van der Waals surface area (Å²) < 4.78 is 0. The molecule has 2 N–H and O–H groups in total. The van der Waals surface area contributed by atoms with Crippen molar-refractivity contribution in [3.8, 4) is 0 Å². The van der Waals surface area contributed by atoms with Crippen LogP contribution in [-0.2, 0) is 9.59 Å². The van der Waals surface area contributed by atoms with Gasteiger partial charge in [-0.2, -0.15) is 0 Å². The van der Waals surface area contributed by atoms with Crippen molar-refractivity contribution < 1.29 is 14.7 Å². The molecule has 2 saturated heterocycles. The summed E-state index contributed by atoms with van der Waals surface area (Å²) in [5.74, 6) is -0.943. The van der Waals surface area contributed by atoms with Crippen LogP contribution >= 0.6 is 0 Å². The van der Waals surface area contributed by atoms with E-state index < -0.39 is 17.6 Å². The number of carboxylic acids is 1. The third kappa shape index (κ3) is 2.74. The number of nitrogens with zero attached hydrogens (tertiary/aromatic N) is 2. The minimum Gasteiger partial charge on any atom is -0.480 e. The smallest absolute Gasteiger partial charge is 0.326 e. The average Bonchev–Trinajstić information content (AvgIpc) is 2.88. The summed E-state index contributed by atoms with van der Waals surface area (Å²) in [5.41, 5.74) is -0.625. The van der Waals surface area contributed by atoms with Crippen molar-refractivity contribution in [3.63, 3.8) is 0 Å². The number of carboxylic acid groups (broad SMARTS) is 1. The highest BCUT2D eigenvalue weighted by Gasteiger charge is 2.43. The highest BCUT2D eigenvalue weighted by molar-refractivity contribution is 5.90. The molecule has 2 aliphatic heterocycles. The zero-order valence-corrected chi connectivity index (χ0v) is 11.7. The SMILES string of the molecule is CC(C)(C(=O)N1CCC[C@H]1C(=O)O)N1CCNCC1. The van der Waals surface area contributed by atoms with Gasteiger partial charge in [-0.15, -0.1) is 0 Å². The quantitative estimate of drug-likeness (QED) is 0.739. The van der Waals surface area contributed by atoms with E-state index in [1.54, 1.807) is 4.90 Å². The summed E-state index contributed by atoms with van der Waals surface area (Å²) in [4.78, 5) is 27.6. The number of hydrogen-bond acceptors (Lipinski definition) is 4. The zero-order valence-electron chi connectivity index (χ0n) is 11.7. The predicted molar refractivity (Wildman–Crippen MR) is 70.9 cm³/mol. The first-order valence-corrected chi connectivity index (χ1v) is 6.94. The van der Waals surface area contributed by atoms with Crippen molar-refractivity contribution in [2.45, 2.75) is 38.3 Å². The van der Waals surface area contributed by atoms with Gasteiger partial charge in [0.1, 0.15) is 6.04 Å². The second-order valence-electron chi connectivity index (χ2n) is 5.79. The lowest BCUT2D eigenvalue weighted by atomic mass is 9.99. The largest absolute Gasteiger partial charge is 0.480 e. The van der Waals surface area contributed by atoms with E-state index in [0.717, 1.165) is 32.6 Å². The average molecular weight is 269 g/mol. The van der Waals surface area contributed by atoms with E-state index in [0.29, 0.717) is 13.0 Å². The van der Waals surface area contributed by atoms with Crippen molar-refractivity contribution in [3.05, 3.63) is 0 Å². The number of hydrogen-bond donors (Lipinski definition) is 2. The van der Waals surface area contributed by atoms with Crippen LogP contribution in [0.2, 0.25) is 0 Å². The molecule has 6 heteroatoms. The minimum atomic E-state index is -0.887. The molecule has 1 amide bonds. The van der Waals surface area contributed by atoms with Gasteiger partial charge in [-0.05, 0) is 26.7 Å². The Morgan fingerprint density at radius 1 is 1.21 bits per heavy atom. The number of likely N-dealkylation sites (tertiary alicyclic amines) is 1. The van der Waals surface area contributed by atoms with Gasteiger partial charge in [0.05, 0.1) is 5.54 Å². The second kappa shape index (κ2) is 5.46. The molecule has 2 fully saturated rings. The molecule has 1 atom stereocenters. The fourth-order valence-corrected chi connectivity index (χ4v) is 2.98. The van der Waals surface area contributed by atoms with Crippen molar-refractivity contribution in [2.24, 2.45) is 0 Å². The molecule has 0 radical (unpaired) electrons. The number of carbonyl (C=O) groups excluding carboxylic acids is 1. The van der Waals surface area contributed by atoms with E-state index in [2.05, 4.69) is 10.2 Å². The summed E-state index contributed by atoms with van der Waals surface area (Å²) in [7, 11) is 0. The van der Waals surface area contributed by atoms with Gasteiger partial charge >= 0.3 is 5.97 Å². The molecular formula is C13H23N3O3. The lowest BCUT2D eigenvalue weighted by Gasteiger charge is -2.42. The maximum atomic E-state index is 12.7. The molecule has 2 aliphatic rings. The van der Waals surface area contributed by atoms with Crippen LogP contribution in [0.3, 0.4) is 0 Å². The number of piperazine rings is 1. The Hall–Kier alpha value is -1.14. The van der Waals surface area contributed by atoms with E-state index in [1.807, 2.05) is 13.8 Å². The summed E-state index contributed by atoms with van der Waals surface area (Å²) in [6, 6.07) is -0.644. The maximum absolute atomic E-state index is 12.7. The fraction of sp³-hybridized carbons (Fsp3) is 0.846. The summed E-state index contributed by atoms with van der Waals surface area (Å²) in [6.45, 7) is 7.76. The summed E-state index contributed by atoms with van der Waals surface area (Å²) >= 11 is 0. The van der Waals surface area contributed by atoms with Crippen LogP contribution in [-0.4, -0.2) is 71.1 Å². The Morgan fingerprint density at radius 2 is 1.84 bits per heavy atom. The third-order valence-corrected chi connectivity index (χ3v) is 4.23. The van der Waals surface area contributed by atoms with E-state index in [4.69, 9.17) is 0 Å². The molecule has 0 unspecified atom stereocenters. The molecule has 6 nitrogen and oxygen atoms in total. The normalized spacial score (nSPS) is 25.6. The highest BCUT2D eigenvalue weighted by atomic mass is 16.4. The van der Waals surface area contributed by atoms with Gasteiger partial charge in [0, 0.05) is 32.7 Å². The van der Waals surface area contributed by atoms with E-state index in [1.165, 1.54) is 0 Å². The predicted octanol–water partition coefficient (Wildman–Crippen LogP) is -0.254. The van der Waals surface area contributed by atoms with Gasteiger partial charge in [0.25, 0.3) is 0 Å². The van der Waals surface area contributed by atoms with Crippen molar-refractivity contribution >= 4 is 11.9 Å². The second-order valence-corrected chi connectivity index (χ2v) is 5.79. The number of carbonyl (C=O) groups is 2. The first kappa shape index (κ1) is 14.3. The van der Waals surface area contributed by atoms with Crippen LogP contribution in [0.15, 0.2) is 0 Å². The molecule has 0 saturated carbocycles. The molecular weight excluding hydrogens is 246 g/mol. The monoisotopic (exact) mass is 269 g/mol. The standard InChI is InChI=1S/C13H23N3O3/c1-13(2,15-8-5-14-6-9-15)12(19)16-7-3-4-10(16)11(17)18/h10,14H,3-9H2,1-2H3,(H,17,18)/t10-/m0/s1. The van der Waals surface area contributed by atoms with Crippen molar-refractivity contribution in [1.82, 2.24) is 15.1 Å². The van der Waals surface area contributed by atoms with E-state index in [9.17, 15) is 14.7 Å². The van der Waals surface area contributed by atoms with Gasteiger partial charge < -0.3 is 15.3 Å². The van der Waals surface area contributed by atoms with E-state index in [-0.39, 0.29) is 5.91 Å². The molecule has 0 aromatic heterocycles. The zero-order chi connectivity index (χ0) is 14.0. The third-order valence-electron chi connectivity index (χ3n) is 4.23. The lowest BCUT2D eigenvalue weighted by Crippen LogP contribution is -2.61. The topological polar surface area (TPSA) is 72.9 Å². The Morgan fingerprint density at radius 3 is 2.42 bits per heavy atom. The number of amides is 1. The molecule has 0 aliphatic carbocycles. The Labute approximate surface area is 113 Å². The first-order valence-electron chi connectivity index (χ1n) is 6.94. The van der Waals surface area contributed by atoms with Crippen LogP contribution in [0.5, 0.6) is 0 Å². The molecule has 2 heterocycles. The Kier molecular flexibility index (Phi) is 4.10. The van der Waals surface area contributed by atoms with Crippen LogP contribution in [0.1, 0.15) is 26.7 Å². The first-order chi connectivity index (χ1) is 8.94. The maximum Gasteiger partial charge on any atom is 0.326 e. The van der Waals surface area contributed by atoms with Crippen LogP contribution in [0.25, 0.3) is 0 Å². The summed E-state index contributed by atoms with van der Waals surface area (Å²) in [5, 5.41) is 12.5. The Balaban J connectivity index is 2.10. The molecule has 19 heavy (non-hydrogen) atoms. The number of aliphatic carboxylic acids is 1. The van der Waals surface area contributed by atoms with Crippen LogP contribution < -0.4 is 5.32 Å². The van der Waals surface area contributed by atoms with Crippen molar-refractivity contribution in [2.75, 3.05) is 32.7 Å². The molecule has 108 valence electrons. The van der Waals surface area contributed by atoms with Gasteiger partial charge in [-0.1, -0.05) is 0 Å². The Bertz CT molecular complexity index is 364. The summed E-state index contributed by atoms with van der Waals surface area (Å²) in [6.07, 6.45) is 1.35. The molecule has 0 aromatic rings. The van der Waals surface area contributed by atoms with E-state index >= 15 is 0 Å². The molecule has 2 rings (SSSR count). The van der Waals surface area contributed by atoms with Gasteiger partial charge in [-0.25, -0.2) is 4.79 Å². The fourth-order valence-electron chi connectivity index (χ4n) is 2.98. The molecule has 0 spiro atoms. The highest BCUT2D eigenvalue weighted by Crippen LogP contribution is 2.25. The lowest BCUT2D eigenvalue weighted by molar-refractivity contribution is -0.153.